The van der Waals surface area contributed by atoms with Crippen LogP contribution in [-0.4, -0.2) is 23.7 Å². The molecular weight excluding hydrogens is 256 g/mol. The van der Waals surface area contributed by atoms with Crippen molar-refractivity contribution in [3.8, 4) is 0 Å². The predicted molar refractivity (Wildman–Crippen MR) is 76.4 cm³/mol. The van der Waals surface area contributed by atoms with Gasteiger partial charge in [0.1, 0.15) is 0 Å². The highest BCUT2D eigenvalue weighted by Crippen LogP contribution is 2.34. The number of carboxylic acid groups (broad SMARTS) is 1. The van der Waals surface area contributed by atoms with Gasteiger partial charge in [0.25, 0.3) is 0 Å². The number of hydrogen-bond donors (Lipinski definition) is 1. The number of ether oxygens (including phenoxy) is 1. The van der Waals surface area contributed by atoms with Gasteiger partial charge in [-0.3, -0.25) is 9.59 Å². The summed E-state index contributed by atoms with van der Waals surface area (Å²) in [5, 5.41) is 9.68. The van der Waals surface area contributed by atoms with E-state index in [9.17, 15) is 14.7 Å². The molecule has 1 N–H and O–H groups in total. The number of aliphatic carboxylic acids is 1. The Morgan fingerprint density at radius 3 is 2.30 bits per heavy atom. The first-order chi connectivity index (χ1) is 9.48. The van der Waals surface area contributed by atoms with Crippen molar-refractivity contribution >= 4 is 11.9 Å². The molecule has 1 rings (SSSR count). The van der Waals surface area contributed by atoms with Crippen molar-refractivity contribution in [2.24, 2.45) is 0 Å². The Morgan fingerprint density at radius 1 is 1.25 bits per heavy atom. The van der Waals surface area contributed by atoms with Gasteiger partial charge in [0, 0.05) is 0 Å². The molecule has 1 atom stereocenters. The molecule has 1 aromatic rings. The van der Waals surface area contributed by atoms with Gasteiger partial charge in [0.05, 0.1) is 6.61 Å². The Balaban J connectivity index is 3.38. The van der Waals surface area contributed by atoms with E-state index in [2.05, 4.69) is 6.58 Å². The molecule has 1 aromatic carbocycles. The summed E-state index contributed by atoms with van der Waals surface area (Å²) in [6.07, 6.45) is 0.656. The van der Waals surface area contributed by atoms with Gasteiger partial charge in [0.2, 0.25) is 0 Å². The molecule has 0 bridgehead atoms. The minimum absolute atomic E-state index is 0.0433. The monoisotopic (exact) mass is 276 g/mol. The van der Waals surface area contributed by atoms with Crippen LogP contribution in [0, 0.1) is 0 Å². The summed E-state index contributed by atoms with van der Waals surface area (Å²) in [5.74, 6) is -1.95. The second-order valence-corrected chi connectivity index (χ2v) is 4.58. The highest BCUT2D eigenvalue weighted by atomic mass is 16.5. The minimum atomic E-state index is -1.72. The van der Waals surface area contributed by atoms with Crippen LogP contribution >= 0.6 is 0 Å². The molecular formula is C16H20O4. The Bertz CT molecular complexity index is 492. The van der Waals surface area contributed by atoms with Crippen molar-refractivity contribution < 1.29 is 19.4 Å². The maximum atomic E-state index is 12.3. The van der Waals surface area contributed by atoms with Crippen molar-refractivity contribution in [2.45, 2.75) is 32.1 Å². The molecule has 0 aliphatic rings. The van der Waals surface area contributed by atoms with Crippen LogP contribution in [0.2, 0.25) is 0 Å². The fourth-order valence-corrected chi connectivity index (χ4v) is 2.06. The Labute approximate surface area is 119 Å². The number of carbonyl (C=O) groups is 2. The van der Waals surface area contributed by atoms with E-state index in [1.807, 2.05) is 6.92 Å². The molecule has 1 unspecified atom stereocenters. The third-order valence-electron chi connectivity index (χ3n) is 3.27. The first kappa shape index (κ1) is 16.0. The highest BCUT2D eigenvalue weighted by Gasteiger charge is 2.49. The van der Waals surface area contributed by atoms with Crippen LogP contribution in [0.4, 0.5) is 0 Å². The number of esters is 1. The van der Waals surface area contributed by atoms with Gasteiger partial charge in [-0.05, 0) is 25.3 Å². The van der Waals surface area contributed by atoms with Crippen LogP contribution in [-0.2, 0) is 19.7 Å². The second-order valence-electron chi connectivity index (χ2n) is 4.58. The molecule has 0 aliphatic heterocycles. The van der Waals surface area contributed by atoms with E-state index in [1.165, 1.54) is 0 Å². The maximum Gasteiger partial charge on any atom is 0.328 e. The zero-order valence-corrected chi connectivity index (χ0v) is 11.9. The van der Waals surface area contributed by atoms with Gasteiger partial charge in [0.15, 0.2) is 5.41 Å². The summed E-state index contributed by atoms with van der Waals surface area (Å²) in [6.45, 7) is 7.51. The molecule has 4 heteroatoms. The number of carbonyl (C=O) groups excluding carboxylic acids is 1. The lowest BCUT2D eigenvalue weighted by molar-refractivity contribution is -0.161. The lowest BCUT2D eigenvalue weighted by Crippen LogP contribution is -2.45. The summed E-state index contributed by atoms with van der Waals surface area (Å²) in [5.41, 5.74) is -0.602. The van der Waals surface area contributed by atoms with Gasteiger partial charge in [-0.2, -0.15) is 0 Å². The molecule has 0 radical (unpaired) electrons. The van der Waals surface area contributed by atoms with E-state index < -0.39 is 17.4 Å². The molecule has 0 heterocycles. The smallest absolute Gasteiger partial charge is 0.328 e. The van der Waals surface area contributed by atoms with Crippen LogP contribution < -0.4 is 0 Å². The molecule has 0 saturated heterocycles. The number of carboxylic acids is 1. The summed E-state index contributed by atoms with van der Waals surface area (Å²) in [4.78, 5) is 24.2. The highest BCUT2D eigenvalue weighted by molar-refractivity contribution is 6.05. The average Bonchev–Trinajstić information content (AvgIpc) is 2.45. The number of allylic oxidation sites excluding steroid dienone is 1. The van der Waals surface area contributed by atoms with Gasteiger partial charge < -0.3 is 9.84 Å². The van der Waals surface area contributed by atoms with E-state index in [4.69, 9.17) is 4.74 Å². The quantitative estimate of drug-likeness (QED) is 0.472. The third-order valence-corrected chi connectivity index (χ3v) is 3.27. The van der Waals surface area contributed by atoms with Crippen molar-refractivity contribution in [2.75, 3.05) is 6.61 Å². The third kappa shape index (κ3) is 3.07. The fourth-order valence-electron chi connectivity index (χ4n) is 2.06. The number of hydrogen-bond acceptors (Lipinski definition) is 3. The standard InChI is InChI=1S/C16H20O4/c1-4-12(3)11-16(14(17)18,15(19)20-5-2)13-9-7-6-8-10-13/h6-10H,3-5,11H2,1-2H3,(H,17,18). The van der Waals surface area contributed by atoms with Gasteiger partial charge in [-0.1, -0.05) is 49.4 Å². The summed E-state index contributed by atoms with van der Waals surface area (Å²) >= 11 is 0. The van der Waals surface area contributed by atoms with E-state index in [0.29, 0.717) is 17.6 Å². The van der Waals surface area contributed by atoms with Crippen LogP contribution in [0.1, 0.15) is 32.3 Å². The lowest BCUT2D eigenvalue weighted by Gasteiger charge is -2.28. The van der Waals surface area contributed by atoms with E-state index in [0.717, 1.165) is 0 Å². The minimum Gasteiger partial charge on any atom is -0.480 e. The topological polar surface area (TPSA) is 63.6 Å². The summed E-state index contributed by atoms with van der Waals surface area (Å²) < 4.78 is 5.01. The molecule has 20 heavy (non-hydrogen) atoms. The van der Waals surface area contributed by atoms with E-state index in [-0.39, 0.29) is 13.0 Å². The van der Waals surface area contributed by atoms with Crippen LogP contribution in [0.25, 0.3) is 0 Å². The molecule has 4 nitrogen and oxygen atoms in total. The van der Waals surface area contributed by atoms with Crippen LogP contribution in [0.5, 0.6) is 0 Å². The normalized spacial score (nSPS) is 13.3. The fraction of sp³-hybridized carbons (Fsp3) is 0.375. The maximum absolute atomic E-state index is 12.3. The second kappa shape index (κ2) is 6.89. The Kier molecular flexibility index (Phi) is 5.50. The van der Waals surface area contributed by atoms with Crippen LogP contribution in [0.15, 0.2) is 42.5 Å². The van der Waals surface area contributed by atoms with Crippen LogP contribution in [0.3, 0.4) is 0 Å². The molecule has 0 saturated carbocycles. The number of benzene rings is 1. The average molecular weight is 276 g/mol. The Morgan fingerprint density at radius 2 is 1.85 bits per heavy atom. The van der Waals surface area contributed by atoms with Gasteiger partial charge >= 0.3 is 11.9 Å². The van der Waals surface area contributed by atoms with E-state index >= 15 is 0 Å². The van der Waals surface area contributed by atoms with Gasteiger partial charge in [-0.25, -0.2) is 0 Å². The molecule has 108 valence electrons. The SMILES string of the molecule is C=C(CC)CC(C(=O)O)(C(=O)OCC)c1ccccc1. The first-order valence-electron chi connectivity index (χ1n) is 6.61. The Hall–Kier alpha value is -2.10. The molecule has 0 aromatic heterocycles. The van der Waals surface area contributed by atoms with Gasteiger partial charge in [-0.15, -0.1) is 0 Å². The molecule has 0 amide bonds. The molecule has 0 aliphatic carbocycles. The number of rotatable bonds is 7. The van der Waals surface area contributed by atoms with E-state index in [1.54, 1.807) is 37.3 Å². The molecule has 0 spiro atoms. The van der Waals surface area contributed by atoms with Crippen molar-refractivity contribution in [1.29, 1.82) is 0 Å². The summed E-state index contributed by atoms with van der Waals surface area (Å²) in [6, 6.07) is 8.46. The summed E-state index contributed by atoms with van der Waals surface area (Å²) in [7, 11) is 0. The predicted octanol–water partition coefficient (Wildman–Crippen LogP) is 2.93. The molecule has 0 fully saturated rings. The zero-order chi connectivity index (χ0) is 15.2. The zero-order valence-electron chi connectivity index (χ0n) is 11.9. The largest absolute Gasteiger partial charge is 0.480 e. The van der Waals surface area contributed by atoms with Crippen molar-refractivity contribution in [3.05, 3.63) is 48.0 Å². The van der Waals surface area contributed by atoms with Crippen molar-refractivity contribution in [3.63, 3.8) is 0 Å². The first-order valence-corrected chi connectivity index (χ1v) is 6.61. The van der Waals surface area contributed by atoms with Crippen molar-refractivity contribution in [1.82, 2.24) is 0 Å². The lowest BCUT2D eigenvalue weighted by atomic mass is 9.75.